The molecule has 1 aromatic heterocycles. The summed E-state index contributed by atoms with van der Waals surface area (Å²) < 4.78 is 0. The second-order valence-electron chi connectivity index (χ2n) is 4.98. The van der Waals surface area contributed by atoms with E-state index in [0.717, 1.165) is 29.7 Å². The first-order chi connectivity index (χ1) is 9.84. The fourth-order valence-corrected chi connectivity index (χ4v) is 2.83. The molecule has 2 heteroatoms. The summed E-state index contributed by atoms with van der Waals surface area (Å²) in [5.41, 5.74) is 3.77. The van der Waals surface area contributed by atoms with E-state index in [0.29, 0.717) is 0 Å². The van der Waals surface area contributed by atoms with Crippen molar-refractivity contribution in [3.05, 3.63) is 71.9 Å². The van der Waals surface area contributed by atoms with Crippen LogP contribution in [0.4, 0.5) is 0 Å². The van der Waals surface area contributed by atoms with Crippen molar-refractivity contribution in [2.45, 2.75) is 24.2 Å². The maximum Gasteiger partial charge on any atom is 0.0837 e. The zero-order chi connectivity index (χ0) is 13.8. The summed E-state index contributed by atoms with van der Waals surface area (Å²) in [6, 6.07) is 19.0. The summed E-state index contributed by atoms with van der Waals surface area (Å²) in [5.74, 6) is 0. The van der Waals surface area contributed by atoms with Crippen molar-refractivity contribution in [2.24, 2.45) is 0 Å². The van der Waals surface area contributed by atoms with Crippen LogP contribution < -0.4 is 0 Å². The van der Waals surface area contributed by atoms with Crippen molar-refractivity contribution >= 4 is 23.5 Å². The lowest BCUT2D eigenvalue weighted by molar-refractivity contribution is 0.824. The fraction of sp³-hybridized carbons (Fsp3) is 0.167. The molecular weight excluding hydrogens is 262 g/mol. The number of rotatable bonds is 4. The number of benzene rings is 2. The van der Waals surface area contributed by atoms with Crippen molar-refractivity contribution in [2.75, 3.05) is 0 Å². The Morgan fingerprint density at radius 2 is 1.70 bits per heavy atom. The predicted molar refractivity (Wildman–Crippen MR) is 87.5 cm³/mol. The molecule has 0 bridgehead atoms. The molecule has 0 fully saturated rings. The Balaban J connectivity index is 1.76. The Morgan fingerprint density at radius 1 is 0.850 bits per heavy atom. The highest BCUT2D eigenvalue weighted by Crippen LogP contribution is 2.23. The topological polar surface area (TPSA) is 12.9 Å². The molecule has 1 heterocycles. The SMILES string of the molecule is Sc1cccc2c(CCCc3ccccc3)ccnc12. The monoisotopic (exact) mass is 279 g/mol. The number of aryl methyl sites for hydroxylation is 2. The lowest BCUT2D eigenvalue weighted by Crippen LogP contribution is -1.93. The van der Waals surface area contributed by atoms with Gasteiger partial charge >= 0.3 is 0 Å². The van der Waals surface area contributed by atoms with Gasteiger partial charge in [0, 0.05) is 16.5 Å². The maximum absolute atomic E-state index is 4.48. The number of pyridine rings is 1. The summed E-state index contributed by atoms with van der Waals surface area (Å²) in [7, 11) is 0. The van der Waals surface area contributed by atoms with Crippen LogP contribution in [0.2, 0.25) is 0 Å². The number of fused-ring (bicyclic) bond motifs is 1. The van der Waals surface area contributed by atoms with Crippen LogP contribution in [-0.4, -0.2) is 4.98 Å². The molecular formula is C18H17NS. The standard InChI is InChI=1S/C18H17NS/c20-17-11-5-10-16-15(12-13-19-18(16)17)9-4-8-14-6-2-1-3-7-14/h1-3,5-7,10-13,20H,4,8-9H2. The maximum atomic E-state index is 4.48. The van der Waals surface area contributed by atoms with E-state index in [1.54, 1.807) is 0 Å². The van der Waals surface area contributed by atoms with E-state index in [4.69, 9.17) is 0 Å². The average Bonchev–Trinajstić information content (AvgIpc) is 2.49. The minimum absolute atomic E-state index is 0.951. The average molecular weight is 279 g/mol. The molecule has 0 saturated carbocycles. The van der Waals surface area contributed by atoms with Gasteiger partial charge < -0.3 is 0 Å². The molecule has 0 aliphatic carbocycles. The van der Waals surface area contributed by atoms with Gasteiger partial charge in [-0.3, -0.25) is 4.98 Å². The molecule has 0 atom stereocenters. The third kappa shape index (κ3) is 2.86. The Labute approximate surface area is 125 Å². The number of thiol groups is 1. The highest BCUT2D eigenvalue weighted by molar-refractivity contribution is 7.80. The van der Waals surface area contributed by atoms with Crippen LogP contribution in [0.5, 0.6) is 0 Å². The number of hydrogen-bond donors (Lipinski definition) is 1. The van der Waals surface area contributed by atoms with Gasteiger partial charge in [-0.2, -0.15) is 0 Å². The van der Waals surface area contributed by atoms with Gasteiger partial charge in [0.15, 0.2) is 0 Å². The first-order valence-corrected chi connectivity index (χ1v) is 7.39. The lowest BCUT2D eigenvalue weighted by atomic mass is 10.0. The number of hydrogen-bond acceptors (Lipinski definition) is 2. The molecule has 0 amide bonds. The van der Waals surface area contributed by atoms with Gasteiger partial charge in [0.05, 0.1) is 5.52 Å². The van der Waals surface area contributed by atoms with Crippen molar-refractivity contribution in [1.29, 1.82) is 0 Å². The van der Waals surface area contributed by atoms with E-state index >= 15 is 0 Å². The van der Waals surface area contributed by atoms with E-state index < -0.39 is 0 Å². The summed E-state index contributed by atoms with van der Waals surface area (Å²) >= 11 is 4.48. The van der Waals surface area contributed by atoms with Gasteiger partial charge in [0.25, 0.3) is 0 Å². The summed E-state index contributed by atoms with van der Waals surface area (Å²) in [6.45, 7) is 0. The number of para-hydroxylation sites is 1. The molecule has 1 nitrogen and oxygen atoms in total. The van der Waals surface area contributed by atoms with E-state index in [9.17, 15) is 0 Å². The van der Waals surface area contributed by atoms with Crippen LogP contribution in [0.25, 0.3) is 10.9 Å². The Morgan fingerprint density at radius 3 is 2.55 bits per heavy atom. The van der Waals surface area contributed by atoms with Crippen molar-refractivity contribution in [3.8, 4) is 0 Å². The minimum Gasteiger partial charge on any atom is -0.255 e. The molecule has 3 aromatic rings. The zero-order valence-corrected chi connectivity index (χ0v) is 12.2. The quantitative estimate of drug-likeness (QED) is 0.683. The molecule has 100 valence electrons. The van der Waals surface area contributed by atoms with Crippen molar-refractivity contribution in [3.63, 3.8) is 0 Å². The highest BCUT2D eigenvalue weighted by atomic mass is 32.1. The lowest BCUT2D eigenvalue weighted by Gasteiger charge is -2.07. The van der Waals surface area contributed by atoms with Gasteiger partial charge in [-0.25, -0.2) is 0 Å². The van der Waals surface area contributed by atoms with E-state index in [2.05, 4.69) is 60.1 Å². The molecule has 20 heavy (non-hydrogen) atoms. The van der Waals surface area contributed by atoms with Gasteiger partial charge in [0.1, 0.15) is 0 Å². The predicted octanol–water partition coefficient (Wildman–Crippen LogP) is 4.70. The number of aromatic nitrogens is 1. The molecule has 0 unspecified atom stereocenters. The van der Waals surface area contributed by atoms with Crippen LogP contribution in [-0.2, 0) is 12.8 Å². The van der Waals surface area contributed by atoms with Gasteiger partial charge in [-0.1, -0.05) is 42.5 Å². The van der Waals surface area contributed by atoms with Crippen molar-refractivity contribution < 1.29 is 0 Å². The van der Waals surface area contributed by atoms with Crippen LogP contribution >= 0.6 is 12.6 Å². The van der Waals surface area contributed by atoms with E-state index in [-0.39, 0.29) is 0 Å². The second-order valence-corrected chi connectivity index (χ2v) is 5.46. The molecule has 0 radical (unpaired) electrons. The van der Waals surface area contributed by atoms with Gasteiger partial charge in [-0.15, -0.1) is 12.6 Å². The highest BCUT2D eigenvalue weighted by Gasteiger charge is 2.04. The Kier molecular flexibility index (Phi) is 4.03. The molecule has 0 saturated heterocycles. The van der Waals surface area contributed by atoms with Gasteiger partial charge in [0.2, 0.25) is 0 Å². The molecule has 3 rings (SSSR count). The largest absolute Gasteiger partial charge is 0.255 e. The Bertz CT molecular complexity index is 707. The van der Waals surface area contributed by atoms with Crippen LogP contribution in [0.15, 0.2) is 65.7 Å². The Hall–Kier alpha value is -1.80. The first kappa shape index (κ1) is 13.2. The van der Waals surface area contributed by atoms with E-state index in [1.165, 1.54) is 16.5 Å². The van der Waals surface area contributed by atoms with Crippen LogP contribution in [0, 0.1) is 0 Å². The number of nitrogens with zero attached hydrogens (tertiary/aromatic N) is 1. The molecule has 0 aliphatic rings. The zero-order valence-electron chi connectivity index (χ0n) is 11.3. The first-order valence-electron chi connectivity index (χ1n) is 6.94. The molecule has 0 aliphatic heterocycles. The van der Waals surface area contributed by atoms with Crippen LogP contribution in [0.3, 0.4) is 0 Å². The third-order valence-electron chi connectivity index (χ3n) is 3.59. The summed E-state index contributed by atoms with van der Waals surface area (Å²) in [5, 5.41) is 1.23. The third-order valence-corrected chi connectivity index (χ3v) is 3.96. The van der Waals surface area contributed by atoms with Crippen molar-refractivity contribution in [1.82, 2.24) is 4.98 Å². The van der Waals surface area contributed by atoms with E-state index in [1.807, 2.05) is 18.3 Å². The second kappa shape index (κ2) is 6.10. The fourth-order valence-electron chi connectivity index (χ4n) is 2.56. The van der Waals surface area contributed by atoms with Crippen LogP contribution in [0.1, 0.15) is 17.5 Å². The summed E-state index contributed by atoms with van der Waals surface area (Å²) in [4.78, 5) is 5.38. The normalized spacial score (nSPS) is 10.8. The smallest absolute Gasteiger partial charge is 0.0837 e. The summed E-state index contributed by atoms with van der Waals surface area (Å²) in [6.07, 6.45) is 5.23. The van der Waals surface area contributed by atoms with Gasteiger partial charge in [-0.05, 0) is 42.5 Å². The molecule has 0 spiro atoms. The molecule has 2 aromatic carbocycles. The molecule has 0 N–H and O–H groups in total. The minimum atomic E-state index is 0.951.